The molecule has 3 aromatic rings. The maximum absolute atomic E-state index is 13.8. The zero-order chi connectivity index (χ0) is 27.3. The van der Waals surface area contributed by atoms with Crippen LogP contribution in [0, 0.1) is 13.8 Å². The third-order valence-electron chi connectivity index (χ3n) is 5.91. The highest BCUT2D eigenvalue weighted by molar-refractivity contribution is 7.92. The highest BCUT2D eigenvalue weighted by Gasteiger charge is 2.33. The van der Waals surface area contributed by atoms with Crippen LogP contribution < -0.4 is 9.62 Å². The van der Waals surface area contributed by atoms with Crippen molar-refractivity contribution < 1.29 is 18.0 Å². The van der Waals surface area contributed by atoms with Gasteiger partial charge >= 0.3 is 0 Å². The number of carbonyl (C=O) groups excluding carboxylic acids is 2. The summed E-state index contributed by atoms with van der Waals surface area (Å²) in [7, 11) is -2.75. The number of nitrogens with zero attached hydrogens (tertiary/aromatic N) is 2. The van der Waals surface area contributed by atoms with Gasteiger partial charge in [0.15, 0.2) is 0 Å². The molecular weight excluding hydrogens is 533 g/mol. The number of hydrogen-bond donors (Lipinski definition) is 1. The second-order valence-electron chi connectivity index (χ2n) is 8.72. The maximum atomic E-state index is 13.8. The van der Waals surface area contributed by atoms with Gasteiger partial charge in [0.25, 0.3) is 10.0 Å². The van der Waals surface area contributed by atoms with Gasteiger partial charge in [-0.25, -0.2) is 8.42 Å². The highest BCUT2D eigenvalue weighted by Crippen LogP contribution is 2.33. The van der Waals surface area contributed by atoms with Crippen molar-refractivity contribution in [2.45, 2.75) is 38.3 Å². The van der Waals surface area contributed by atoms with Gasteiger partial charge in [0.05, 0.1) is 15.6 Å². The molecule has 0 aliphatic carbocycles. The number of carbonyl (C=O) groups is 2. The summed E-state index contributed by atoms with van der Waals surface area (Å²) in [4.78, 5) is 27.7. The summed E-state index contributed by atoms with van der Waals surface area (Å²) in [5.74, 6) is -0.959. The first-order valence-corrected chi connectivity index (χ1v) is 13.7. The van der Waals surface area contributed by atoms with E-state index in [1.165, 1.54) is 42.3 Å². The Morgan fingerprint density at radius 2 is 1.62 bits per heavy atom. The molecule has 1 atom stereocenters. The van der Waals surface area contributed by atoms with Crippen LogP contribution in [0.5, 0.6) is 0 Å². The molecule has 196 valence electrons. The van der Waals surface area contributed by atoms with Crippen molar-refractivity contribution in [3.63, 3.8) is 0 Å². The van der Waals surface area contributed by atoms with Crippen LogP contribution in [-0.2, 0) is 26.2 Å². The predicted octanol–water partition coefficient (Wildman–Crippen LogP) is 4.97. The number of amides is 2. The van der Waals surface area contributed by atoms with Gasteiger partial charge in [-0.1, -0.05) is 70.7 Å². The second kappa shape index (κ2) is 12.0. The first kappa shape index (κ1) is 28.5. The van der Waals surface area contributed by atoms with Crippen molar-refractivity contribution in [3.8, 4) is 0 Å². The Morgan fingerprint density at radius 1 is 0.946 bits per heavy atom. The molecule has 1 N–H and O–H groups in total. The van der Waals surface area contributed by atoms with Crippen molar-refractivity contribution in [2.75, 3.05) is 17.9 Å². The lowest BCUT2D eigenvalue weighted by Crippen LogP contribution is -2.50. The first-order chi connectivity index (χ1) is 17.4. The van der Waals surface area contributed by atoms with Crippen molar-refractivity contribution in [1.82, 2.24) is 10.2 Å². The third kappa shape index (κ3) is 6.83. The van der Waals surface area contributed by atoms with Gasteiger partial charge in [-0.15, -0.1) is 0 Å². The Balaban J connectivity index is 2.08. The van der Waals surface area contributed by atoms with E-state index in [0.29, 0.717) is 0 Å². The summed E-state index contributed by atoms with van der Waals surface area (Å²) in [6.07, 6.45) is 0. The standard InChI is InChI=1S/C27H29Cl2N3O4S/c1-18-8-11-23(12-9-18)37(35,36)32(25-15-22(28)10-13-24(25)29)17-26(33)31(20(3)27(34)30-4)16-21-7-5-6-19(2)14-21/h5-15,20H,16-17H2,1-4H3,(H,30,34). The molecule has 0 radical (unpaired) electrons. The molecule has 10 heteroatoms. The summed E-state index contributed by atoms with van der Waals surface area (Å²) >= 11 is 12.6. The largest absolute Gasteiger partial charge is 0.357 e. The lowest BCUT2D eigenvalue weighted by molar-refractivity contribution is -0.139. The number of likely N-dealkylation sites (N-methyl/N-ethyl adjacent to an activating group) is 1. The van der Waals surface area contributed by atoms with Gasteiger partial charge in [-0.05, 0) is 56.7 Å². The molecule has 0 heterocycles. The minimum atomic E-state index is -4.23. The van der Waals surface area contributed by atoms with Gasteiger partial charge < -0.3 is 10.2 Å². The smallest absolute Gasteiger partial charge is 0.264 e. The average Bonchev–Trinajstić information content (AvgIpc) is 2.86. The Morgan fingerprint density at radius 3 is 2.24 bits per heavy atom. The number of rotatable bonds is 9. The average molecular weight is 563 g/mol. The van der Waals surface area contributed by atoms with E-state index < -0.39 is 28.5 Å². The van der Waals surface area contributed by atoms with Crippen LogP contribution in [-0.4, -0.2) is 44.8 Å². The van der Waals surface area contributed by atoms with Gasteiger partial charge in [0.2, 0.25) is 11.8 Å². The van der Waals surface area contributed by atoms with E-state index in [9.17, 15) is 18.0 Å². The minimum Gasteiger partial charge on any atom is -0.357 e. The summed E-state index contributed by atoms with van der Waals surface area (Å²) in [6, 6.07) is 17.4. The molecule has 0 fully saturated rings. The van der Waals surface area contributed by atoms with Crippen LogP contribution in [0.25, 0.3) is 0 Å². The van der Waals surface area contributed by atoms with Gasteiger partial charge in [-0.3, -0.25) is 13.9 Å². The summed E-state index contributed by atoms with van der Waals surface area (Å²) in [5.41, 5.74) is 2.74. The van der Waals surface area contributed by atoms with Gasteiger partial charge in [0, 0.05) is 18.6 Å². The highest BCUT2D eigenvalue weighted by atomic mass is 35.5. The summed E-state index contributed by atoms with van der Waals surface area (Å²) < 4.78 is 28.5. The van der Waals surface area contributed by atoms with Crippen LogP contribution in [0.15, 0.2) is 71.6 Å². The third-order valence-corrected chi connectivity index (χ3v) is 8.24. The summed E-state index contributed by atoms with van der Waals surface area (Å²) in [5, 5.41) is 2.92. The Kier molecular flexibility index (Phi) is 9.23. The zero-order valence-corrected chi connectivity index (χ0v) is 23.4. The number of nitrogens with one attached hydrogen (secondary N) is 1. The molecular formula is C27H29Cl2N3O4S. The fourth-order valence-corrected chi connectivity index (χ4v) is 5.69. The predicted molar refractivity (Wildman–Crippen MR) is 147 cm³/mol. The molecule has 0 aromatic heterocycles. The number of anilines is 1. The van der Waals surface area contributed by atoms with E-state index in [1.807, 2.05) is 38.1 Å². The topological polar surface area (TPSA) is 86.8 Å². The van der Waals surface area contributed by atoms with E-state index in [1.54, 1.807) is 19.1 Å². The van der Waals surface area contributed by atoms with Crippen LogP contribution in [0.1, 0.15) is 23.6 Å². The Hall–Kier alpha value is -3.07. The molecule has 3 aromatic carbocycles. The van der Waals surface area contributed by atoms with Crippen LogP contribution in [0.2, 0.25) is 10.0 Å². The molecule has 0 aliphatic heterocycles. The SMILES string of the molecule is CNC(=O)C(C)N(Cc1cccc(C)c1)C(=O)CN(c1cc(Cl)ccc1Cl)S(=O)(=O)c1ccc(C)cc1. The van der Waals surface area contributed by atoms with Gasteiger partial charge in [0.1, 0.15) is 12.6 Å². The quantitative estimate of drug-likeness (QED) is 0.399. The molecule has 3 rings (SSSR count). The van der Waals surface area contributed by atoms with Crippen LogP contribution >= 0.6 is 23.2 Å². The van der Waals surface area contributed by atoms with E-state index >= 15 is 0 Å². The van der Waals surface area contributed by atoms with Gasteiger partial charge in [-0.2, -0.15) is 0 Å². The van der Waals surface area contributed by atoms with Crippen molar-refractivity contribution in [1.29, 1.82) is 0 Å². The van der Waals surface area contributed by atoms with E-state index in [2.05, 4.69) is 5.32 Å². The number of hydrogen-bond acceptors (Lipinski definition) is 4. The number of benzene rings is 3. The normalized spacial score (nSPS) is 12.1. The maximum Gasteiger partial charge on any atom is 0.264 e. The molecule has 0 saturated carbocycles. The number of halogens is 2. The Bertz CT molecular complexity index is 1400. The Labute approximate surface area is 228 Å². The lowest BCUT2D eigenvalue weighted by Gasteiger charge is -2.32. The fourth-order valence-electron chi connectivity index (χ4n) is 3.83. The number of sulfonamides is 1. The molecule has 0 saturated heterocycles. The monoisotopic (exact) mass is 561 g/mol. The fraction of sp³-hybridized carbons (Fsp3) is 0.259. The zero-order valence-electron chi connectivity index (χ0n) is 21.0. The van der Waals surface area contributed by atoms with Crippen molar-refractivity contribution in [2.24, 2.45) is 0 Å². The molecule has 0 bridgehead atoms. The molecule has 0 spiro atoms. The van der Waals surface area contributed by atoms with E-state index in [0.717, 1.165) is 21.0 Å². The first-order valence-electron chi connectivity index (χ1n) is 11.5. The summed E-state index contributed by atoms with van der Waals surface area (Å²) in [6.45, 7) is 4.88. The minimum absolute atomic E-state index is 0.00785. The van der Waals surface area contributed by atoms with Crippen LogP contribution in [0.4, 0.5) is 5.69 Å². The van der Waals surface area contributed by atoms with Crippen molar-refractivity contribution in [3.05, 3.63) is 93.5 Å². The second-order valence-corrected chi connectivity index (χ2v) is 11.4. The molecule has 37 heavy (non-hydrogen) atoms. The molecule has 0 aliphatic rings. The molecule has 7 nitrogen and oxygen atoms in total. The van der Waals surface area contributed by atoms with Crippen molar-refractivity contribution >= 4 is 50.7 Å². The lowest BCUT2D eigenvalue weighted by atomic mass is 10.1. The van der Waals surface area contributed by atoms with E-state index in [-0.39, 0.29) is 33.1 Å². The molecule has 2 amide bonds. The molecule has 1 unspecified atom stereocenters. The van der Waals surface area contributed by atoms with E-state index in [4.69, 9.17) is 23.2 Å². The number of aryl methyl sites for hydroxylation is 2. The van der Waals surface area contributed by atoms with Crippen LogP contribution in [0.3, 0.4) is 0 Å².